The third-order valence-corrected chi connectivity index (χ3v) is 2.61. The quantitative estimate of drug-likeness (QED) is 0.852. The van der Waals surface area contributed by atoms with Crippen molar-refractivity contribution in [1.82, 2.24) is 25.0 Å². The molecule has 6 nitrogen and oxygen atoms in total. The summed E-state index contributed by atoms with van der Waals surface area (Å²) in [6.07, 6.45) is 2.66. The maximum absolute atomic E-state index is 4.21. The molecular formula is C11H18N6. The van der Waals surface area contributed by atoms with Crippen LogP contribution in [-0.4, -0.2) is 31.5 Å². The van der Waals surface area contributed by atoms with Crippen molar-refractivity contribution in [2.45, 2.75) is 33.7 Å². The Kier molecular flexibility index (Phi) is 3.51. The van der Waals surface area contributed by atoms with Gasteiger partial charge in [-0.15, -0.1) is 5.10 Å². The Labute approximate surface area is 100 Å². The molecule has 6 heteroatoms. The molecule has 0 atom stereocenters. The van der Waals surface area contributed by atoms with Gasteiger partial charge in [-0.25, -0.2) is 14.6 Å². The molecule has 0 bridgehead atoms. The molecule has 0 fully saturated rings. The summed E-state index contributed by atoms with van der Waals surface area (Å²) in [6.45, 7) is 8.07. The Morgan fingerprint density at radius 3 is 2.88 bits per heavy atom. The number of anilines is 1. The predicted molar refractivity (Wildman–Crippen MR) is 66.7 cm³/mol. The smallest absolute Gasteiger partial charge is 0.183 e. The Hall–Kier alpha value is -1.72. The van der Waals surface area contributed by atoms with E-state index in [1.807, 2.05) is 6.92 Å². The number of aromatic nitrogens is 5. The summed E-state index contributed by atoms with van der Waals surface area (Å²) in [5.74, 6) is 1.45. The highest BCUT2D eigenvalue weighted by atomic mass is 15.4. The average Bonchev–Trinajstić information content (AvgIpc) is 2.72. The van der Waals surface area contributed by atoms with Gasteiger partial charge < -0.3 is 5.32 Å². The lowest BCUT2D eigenvalue weighted by molar-refractivity contribution is 0.607. The van der Waals surface area contributed by atoms with Gasteiger partial charge in [-0.1, -0.05) is 19.1 Å². The fraction of sp³-hybridized carbons (Fsp3) is 0.636. The molecule has 0 radical (unpaired) electrons. The van der Waals surface area contributed by atoms with E-state index in [9.17, 15) is 0 Å². The average molecular weight is 234 g/mol. The fourth-order valence-corrected chi connectivity index (χ4v) is 1.61. The van der Waals surface area contributed by atoms with Crippen molar-refractivity contribution >= 4 is 17.0 Å². The van der Waals surface area contributed by atoms with E-state index in [1.54, 1.807) is 11.0 Å². The molecule has 1 N–H and O–H groups in total. The molecule has 2 rings (SSSR count). The first-order valence-electron chi connectivity index (χ1n) is 6.00. The van der Waals surface area contributed by atoms with Crippen LogP contribution < -0.4 is 5.32 Å². The van der Waals surface area contributed by atoms with Crippen LogP contribution in [0.25, 0.3) is 11.2 Å². The standard InChI is InChI=1S/C11H18N6/c1-4-17-11-9(15-16-17)10(13-7-14-11)12-6-5-8(2)3/h7-8H,4-6H2,1-3H3,(H,12,13,14). The van der Waals surface area contributed by atoms with Gasteiger partial charge >= 0.3 is 0 Å². The number of nitrogens with zero attached hydrogens (tertiary/aromatic N) is 5. The van der Waals surface area contributed by atoms with E-state index in [4.69, 9.17) is 0 Å². The minimum Gasteiger partial charge on any atom is -0.368 e. The Bertz CT molecular complexity index is 490. The second kappa shape index (κ2) is 5.07. The summed E-state index contributed by atoms with van der Waals surface area (Å²) in [5, 5.41) is 11.4. The van der Waals surface area contributed by atoms with E-state index in [1.165, 1.54) is 0 Å². The Morgan fingerprint density at radius 2 is 2.18 bits per heavy atom. The SMILES string of the molecule is CCn1nnc2c(NCCC(C)C)ncnc21. The molecule has 0 saturated heterocycles. The van der Waals surface area contributed by atoms with Crippen LogP contribution in [0.2, 0.25) is 0 Å². The van der Waals surface area contributed by atoms with Crippen LogP contribution in [0.15, 0.2) is 6.33 Å². The van der Waals surface area contributed by atoms with E-state index < -0.39 is 0 Å². The minimum atomic E-state index is 0.672. The lowest BCUT2D eigenvalue weighted by Crippen LogP contribution is -2.07. The highest BCUT2D eigenvalue weighted by Crippen LogP contribution is 2.15. The van der Waals surface area contributed by atoms with Crippen molar-refractivity contribution < 1.29 is 0 Å². The van der Waals surface area contributed by atoms with E-state index in [2.05, 4.69) is 39.4 Å². The zero-order valence-electron chi connectivity index (χ0n) is 10.5. The van der Waals surface area contributed by atoms with Gasteiger partial charge in [-0.05, 0) is 19.3 Å². The highest BCUT2D eigenvalue weighted by molar-refractivity contribution is 5.81. The van der Waals surface area contributed by atoms with E-state index in [-0.39, 0.29) is 0 Å². The van der Waals surface area contributed by atoms with Crippen molar-refractivity contribution in [3.05, 3.63) is 6.33 Å². The summed E-state index contributed by atoms with van der Waals surface area (Å²) in [7, 11) is 0. The third-order valence-electron chi connectivity index (χ3n) is 2.61. The molecule has 0 unspecified atom stereocenters. The van der Waals surface area contributed by atoms with Gasteiger partial charge in [-0.3, -0.25) is 0 Å². The van der Waals surface area contributed by atoms with Gasteiger partial charge in [0.15, 0.2) is 17.0 Å². The number of hydrogen-bond donors (Lipinski definition) is 1. The molecule has 0 aromatic carbocycles. The van der Waals surface area contributed by atoms with E-state index in [0.29, 0.717) is 5.92 Å². The van der Waals surface area contributed by atoms with Gasteiger partial charge in [-0.2, -0.15) is 0 Å². The maximum Gasteiger partial charge on any atom is 0.183 e. The normalized spacial score (nSPS) is 11.3. The molecule has 2 aromatic heterocycles. The summed E-state index contributed by atoms with van der Waals surface area (Å²) < 4.78 is 1.77. The van der Waals surface area contributed by atoms with Crippen molar-refractivity contribution in [2.75, 3.05) is 11.9 Å². The molecule has 0 spiro atoms. The Morgan fingerprint density at radius 1 is 1.35 bits per heavy atom. The molecule has 0 aliphatic rings. The van der Waals surface area contributed by atoms with Crippen molar-refractivity contribution in [1.29, 1.82) is 0 Å². The van der Waals surface area contributed by atoms with Crippen LogP contribution in [0.5, 0.6) is 0 Å². The van der Waals surface area contributed by atoms with Crippen molar-refractivity contribution in [3.63, 3.8) is 0 Å². The first-order chi connectivity index (χ1) is 8.22. The van der Waals surface area contributed by atoms with Crippen molar-refractivity contribution in [3.8, 4) is 0 Å². The maximum atomic E-state index is 4.21. The van der Waals surface area contributed by atoms with Crippen LogP contribution >= 0.6 is 0 Å². The van der Waals surface area contributed by atoms with Gasteiger partial charge in [0.05, 0.1) is 0 Å². The summed E-state index contributed by atoms with van der Waals surface area (Å²) in [4.78, 5) is 8.42. The molecule has 0 aliphatic heterocycles. The lowest BCUT2D eigenvalue weighted by atomic mass is 10.1. The Balaban J connectivity index is 2.19. The van der Waals surface area contributed by atoms with E-state index >= 15 is 0 Å². The number of fused-ring (bicyclic) bond motifs is 1. The summed E-state index contributed by atoms with van der Waals surface area (Å²) in [6, 6.07) is 0. The minimum absolute atomic E-state index is 0.672. The zero-order chi connectivity index (χ0) is 12.3. The predicted octanol–water partition coefficient (Wildman–Crippen LogP) is 1.70. The third kappa shape index (κ3) is 2.51. The van der Waals surface area contributed by atoms with E-state index in [0.717, 1.165) is 36.5 Å². The molecule has 2 heterocycles. The molecule has 2 aromatic rings. The monoisotopic (exact) mass is 234 g/mol. The van der Waals surface area contributed by atoms with Crippen LogP contribution in [0.1, 0.15) is 27.2 Å². The number of rotatable bonds is 5. The zero-order valence-corrected chi connectivity index (χ0v) is 10.5. The first-order valence-corrected chi connectivity index (χ1v) is 6.00. The van der Waals surface area contributed by atoms with Crippen LogP contribution in [0.4, 0.5) is 5.82 Å². The molecule has 0 saturated carbocycles. The number of nitrogens with one attached hydrogen (secondary N) is 1. The molecule has 17 heavy (non-hydrogen) atoms. The van der Waals surface area contributed by atoms with Crippen LogP contribution in [0, 0.1) is 5.92 Å². The second-order valence-corrected chi connectivity index (χ2v) is 4.41. The van der Waals surface area contributed by atoms with Crippen LogP contribution in [0.3, 0.4) is 0 Å². The van der Waals surface area contributed by atoms with Gasteiger partial charge in [0.2, 0.25) is 0 Å². The van der Waals surface area contributed by atoms with Crippen LogP contribution in [-0.2, 0) is 6.54 Å². The lowest BCUT2D eigenvalue weighted by Gasteiger charge is -2.07. The first kappa shape index (κ1) is 11.8. The number of aryl methyl sites for hydroxylation is 1. The summed E-state index contributed by atoms with van der Waals surface area (Å²) in [5.41, 5.74) is 1.53. The molecular weight excluding hydrogens is 216 g/mol. The molecule has 0 aliphatic carbocycles. The highest BCUT2D eigenvalue weighted by Gasteiger charge is 2.10. The van der Waals surface area contributed by atoms with Gasteiger partial charge in [0.1, 0.15) is 6.33 Å². The topological polar surface area (TPSA) is 68.5 Å². The molecule has 92 valence electrons. The van der Waals surface area contributed by atoms with Crippen molar-refractivity contribution in [2.24, 2.45) is 5.92 Å². The number of hydrogen-bond acceptors (Lipinski definition) is 5. The second-order valence-electron chi connectivity index (χ2n) is 4.41. The summed E-state index contributed by atoms with van der Waals surface area (Å²) >= 11 is 0. The van der Waals surface area contributed by atoms with Gasteiger partial charge in [0.25, 0.3) is 0 Å². The largest absolute Gasteiger partial charge is 0.368 e. The fourth-order valence-electron chi connectivity index (χ4n) is 1.61. The molecule has 0 amide bonds. The van der Waals surface area contributed by atoms with Gasteiger partial charge in [0, 0.05) is 13.1 Å².